The molecular weight excluding hydrogens is 218 g/mol. The maximum atomic E-state index is 11.4. The molecule has 0 fully saturated rings. The van der Waals surface area contributed by atoms with Crippen LogP contribution >= 0.6 is 0 Å². The maximum Gasteiger partial charge on any atom is 0.423 e. The van der Waals surface area contributed by atoms with Gasteiger partial charge in [-0.25, -0.2) is 13.3 Å². The highest BCUT2D eigenvalue weighted by atomic mass is 32.2. The molecule has 0 aliphatic heterocycles. The first-order valence-electron chi connectivity index (χ1n) is 5.16. The summed E-state index contributed by atoms with van der Waals surface area (Å²) >= 11 is -1.73. The summed E-state index contributed by atoms with van der Waals surface area (Å²) in [5.41, 5.74) is 0. The van der Waals surface area contributed by atoms with Gasteiger partial charge < -0.3 is 4.74 Å². The van der Waals surface area contributed by atoms with Crippen molar-refractivity contribution in [1.29, 1.82) is 0 Å². The van der Waals surface area contributed by atoms with E-state index in [4.69, 9.17) is 8.92 Å². The molecule has 1 unspecified atom stereocenters. The van der Waals surface area contributed by atoms with Gasteiger partial charge in [-0.15, -0.1) is 0 Å². The van der Waals surface area contributed by atoms with Crippen molar-refractivity contribution in [3.63, 3.8) is 0 Å². The number of hydrogen-bond donors (Lipinski definition) is 0. The highest BCUT2D eigenvalue weighted by molar-refractivity contribution is 7.78. The minimum atomic E-state index is -1.73. The molecule has 0 spiro atoms. The largest absolute Gasteiger partial charge is 0.449 e. The van der Waals surface area contributed by atoms with Gasteiger partial charge in [-0.3, -0.25) is 4.18 Å². The van der Waals surface area contributed by atoms with E-state index in [2.05, 4.69) is 0 Å². The second kappa shape index (κ2) is 8.67. The molecule has 0 aromatic rings. The Morgan fingerprint density at radius 2 is 2.00 bits per heavy atom. The monoisotopic (exact) mass is 237 g/mol. The molecule has 15 heavy (non-hydrogen) atoms. The van der Waals surface area contributed by atoms with Gasteiger partial charge in [-0.05, 0) is 20.3 Å². The lowest BCUT2D eigenvalue weighted by atomic mass is 10.4. The molecular formula is C9H19NO4S. The third kappa shape index (κ3) is 5.74. The van der Waals surface area contributed by atoms with E-state index in [1.807, 2.05) is 6.92 Å². The van der Waals surface area contributed by atoms with Crippen molar-refractivity contribution in [1.82, 2.24) is 4.31 Å². The van der Waals surface area contributed by atoms with Crippen LogP contribution in [-0.4, -0.2) is 34.4 Å². The lowest BCUT2D eigenvalue weighted by molar-refractivity contribution is 0.123. The number of rotatable bonds is 7. The van der Waals surface area contributed by atoms with Gasteiger partial charge in [0.1, 0.15) is 0 Å². The molecule has 0 bridgehead atoms. The van der Waals surface area contributed by atoms with Crippen LogP contribution in [0.5, 0.6) is 0 Å². The molecule has 0 saturated heterocycles. The van der Waals surface area contributed by atoms with Crippen LogP contribution in [0.1, 0.15) is 33.6 Å². The van der Waals surface area contributed by atoms with Gasteiger partial charge in [-0.2, -0.15) is 0 Å². The van der Waals surface area contributed by atoms with E-state index in [1.165, 1.54) is 0 Å². The number of unbranched alkanes of at least 4 members (excludes halogenated alkanes) is 1. The van der Waals surface area contributed by atoms with E-state index in [-0.39, 0.29) is 0 Å². The first-order chi connectivity index (χ1) is 7.17. The number of carbonyl (C=O) groups excluding carboxylic acids is 1. The molecule has 0 radical (unpaired) electrons. The van der Waals surface area contributed by atoms with Crippen LogP contribution < -0.4 is 0 Å². The lowest BCUT2D eigenvalue weighted by Gasteiger charge is -2.17. The van der Waals surface area contributed by atoms with Crippen LogP contribution in [0.2, 0.25) is 0 Å². The van der Waals surface area contributed by atoms with Crippen molar-refractivity contribution >= 4 is 17.4 Å². The number of carbonyl (C=O) groups is 1. The maximum absolute atomic E-state index is 11.4. The first kappa shape index (κ1) is 14.4. The molecule has 0 rings (SSSR count). The van der Waals surface area contributed by atoms with Crippen LogP contribution in [0.25, 0.3) is 0 Å². The van der Waals surface area contributed by atoms with Gasteiger partial charge in [-0.1, -0.05) is 13.3 Å². The summed E-state index contributed by atoms with van der Waals surface area (Å²) in [6, 6.07) is 0. The molecule has 1 amide bonds. The Balaban J connectivity index is 4.03. The SMILES string of the molecule is CCCCOC(=O)N(CC)S(=O)OCC. The zero-order chi connectivity index (χ0) is 11.7. The quantitative estimate of drug-likeness (QED) is 0.634. The van der Waals surface area contributed by atoms with Gasteiger partial charge in [0, 0.05) is 6.54 Å². The van der Waals surface area contributed by atoms with Gasteiger partial charge >= 0.3 is 6.09 Å². The van der Waals surface area contributed by atoms with Crippen LogP contribution in [0, 0.1) is 0 Å². The zero-order valence-corrected chi connectivity index (χ0v) is 10.3. The lowest BCUT2D eigenvalue weighted by Crippen LogP contribution is -2.34. The summed E-state index contributed by atoms with van der Waals surface area (Å²) < 4.78 is 22.2. The van der Waals surface area contributed by atoms with E-state index < -0.39 is 17.4 Å². The standard InChI is InChI=1S/C9H19NO4S/c1-4-7-8-13-9(11)10(5-2)15(12)14-6-3/h4-8H2,1-3H3. The molecule has 1 atom stereocenters. The van der Waals surface area contributed by atoms with E-state index in [1.54, 1.807) is 13.8 Å². The summed E-state index contributed by atoms with van der Waals surface area (Å²) in [5, 5.41) is 0. The minimum absolute atomic E-state index is 0.297. The smallest absolute Gasteiger partial charge is 0.423 e. The van der Waals surface area contributed by atoms with E-state index in [9.17, 15) is 9.00 Å². The first-order valence-corrected chi connectivity index (χ1v) is 6.19. The van der Waals surface area contributed by atoms with Crippen molar-refractivity contribution in [2.24, 2.45) is 0 Å². The van der Waals surface area contributed by atoms with Gasteiger partial charge in [0.05, 0.1) is 13.2 Å². The Labute approximate surface area is 93.5 Å². The van der Waals surface area contributed by atoms with E-state index >= 15 is 0 Å². The molecule has 0 aromatic heterocycles. The fourth-order valence-electron chi connectivity index (χ4n) is 0.836. The van der Waals surface area contributed by atoms with E-state index in [0.717, 1.165) is 17.1 Å². The second-order valence-corrected chi connectivity index (χ2v) is 3.90. The van der Waals surface area contributed by atoms with Crippen LogP contribution in [-0.2, 0) is 20.2 Å². The molecule has 0 saturated carbocycles. The second-order valence-electron chi connectivity index (χ2n) is 2.79. The van der Waals surface area contributed by atoms with Crippen LogP contribution in [0.4, 0.5) is 4.79 Å². The Morgan fingerprint density at radius 1 is 1.33 bits per heavy atom. The summed E-state index contributed by atoms with van der Waals surface area (Å²) in [7, 11) is 0. The van der Waals surface area contributed by atoms with Gasteiger partial charge in [0.2, 0.25) is 0 Å². The van der Waals surface area contributed by atoms with Gasteiger partial charge in [0.15, 0.2) is 0 Å². The van der Waals surface area contributed by atoms with E-state index in [0.29, 0.717) is 19.8 Å². The zero-order valence-electron chi connectivity index (χ0n) is 9.52. The van der Waals surface area contributed by atoms with Crippen molar-refractivity contribution < 1.29 is 17.9 Å². The fourth-order valence-corrected chi connectivity index (χ4v) is 1.55. The highest BCUT2D eigenvalue weighted by Gasteiger charge is 2.20. The summed E-state index contributed by atoms with van der Waals surface area (Å²) in [4.78, 5) is 11.4. The molecule has 0 N–H and O–H groups in total. The Hall–Kier alpha value is -0.620. The average Bonchev–Trinajstić information content (AvgIpc) is 2.19. The number of amides is 1. The average molecular weight is 237 g/mol. The fraction of sp³-hybridized carbons (Fsp3) is 0.889. The van der Waals surface area contributed by atoms with Crippen LogP contribution in [0.15, 0.2) is 0 Å². The third-order valence-electron chi connectivity index (χ3n) is 1.61. The molecule has 6 heteroatoms. The Kier molecular flexibility index (Phi) is 8.31. The number of ether oxygens (including phenoxy) is 1. The number of nitrogens with zero attached hydrogens (tertiary/aromatic N) is 1. The normalized spacial score (nSPS) is 12.2. The van der Waals surface area contributed by atoms with Crippen molar-refractivity contribution in [3.8, 4) is 0 Å². The summed E-state index contributed by atoms with van der Waals surface area (Å²) in [6.07, 6.45) is 1.18. The molecule has 0 aromatic carbocycles. The van der Waals surface area contributed by atoms with Crippen LogP contribution in [0.3, 0.4) is 0 Å². The predicted molar refractivity (Wildman–Crippen MR) is 58.4 cm³/mol. The summed E-state index contributed by atoms with van der Waals surface area (Å²) in [6.45, 7) is 6.40. The van der Waals surface area contributed by atoms with Crippen molar-refractivity contribution in [2.75, 3.05) is 19.8 Å². The van der Waals surface area contributed by atoms with Crippen molar-refractivity contribution in [3.05, 3.63) is 0 Å². The molecule has 0 aliphatic carbocycles. The van der Waals surface area contributed by atoms with Crippen molar-refractivity contribution in [2.45, 2.75) is 33.6 Å². The molecule has 5 nitrogen and oxygen atoms in total. The predicted octanol–water partition coefficient (Wildman–Crippen LogP) is 1.86. The molecule has 90 valence electrons. The molecule has 0 heterocycles. The Morgan fingerprint density at radius 3 is 2.47 bits per heavy atom. The molecule has 0 aliphatic rings. The minimum Gasteiger partial charge on any atom is -0.449 e. The highest BCUT2D eigenvalue weighted by Crippen LogP contribution is 2.02. The number of hydrogen-bond acceptors (Lipinski definition) is 4. The van der Waals surface area contributed by atoms with Gasteiger partial charge in [0.25, 0.3) is 11.3 Å². The Bertz CT molecular complexity index is 210. The summed E-state index contributed by atoms with van der Waals surface area (Å²) in [5.74, 6) is 0. The topological polar surface area (TPSA) is 55.8 Å². The third-order valence-corrected chi connectivity index (χ3v) is 2.82.